The van der Waals surface area contributed by atoms with Crippen LogP contribution in [0.4, 0.5) is 0 Å². The van der Waals surface area contributed by atoms with Crippen molar-refractivity contribution in [2.75, 3.05) is 85.8 Å². The summed E-state index contributed by atoms with van der Waals surface area (Å²) in [5.74, 6) is -0.122. The second-order valence-corrected chi connectivity index (χ2v) is 13.2. The quantitative estimate of drug-likeness (QED) is 0.157. The lowest BCUT2D eigenvalue weighted by Gasteiger charge is -2.32. The fourth-order valence-corrected chi connectivity index (χ4v) is 3.40. The molecule has 0 bridgehead atoms. The van der Waals surface area contributed by atoms with Gasteiger partial charge in [-0.2, -0.15) is 0 Å². The number of amides is 1. The molecule has 40 heavy (non-hydrogen) atoms. The first-order valence-electron chi connectivity index (χ1n) is 14.7. The number of carbonyl (C=O) groups is 1. The van der Waals surface area contributed by atoms with E-state index in [4.69, 9.17) is 33.2 Å². The average molecular weight is 579 g/mol. The van der Waals surface area contributed by atoms with Crippen molar-refractivity contribution < 1.29 is 38.0 Å². The van der Waals surface area contributed by atoms with Crippen LogP contribution >= 0.6 is 0 Å². The van der Waals surface area contributed by atoms with Crippen LogP contribution in [0.5, 0.6) is 0 Å². The van der Waals surface area contributed by atoms with E-state index in [0.717, 1.165) is 19.4 Å². The molecular formula is C30H62N2O8. The predicted molar refractivity (Wildman–Crippen MR) is 159 cm³/mol. The van der Waals surface area contributed by atoms with E-state index < -0.39 is 0 Å². The van der Waals surface area contributed by atoms with Crippen molar-refractivity contribution >= 4 is 5.91 Å². The lowest BCUT2D eigenvalue weighted by Crippen LogP contribution is -2.43. The fourth-order valence-electron chi connectivity index (χ4n) is 3.40. The van der Waals surface area contributed by atoms with Crippen molar-refractivity contribution in [1.82, 2.24) is 10.6 Å². The smallest absolute Gasteiger partial charge is 0.246 e. The summed E-state index contributed by atoms with van der Waals surface area (Å²) in [6.45, 7) is 27.2. The van der Waals surface area contributed by atoms with Gasteiger partial charge < -0.3 is 43.8 Å². The van der Waals surface area contributed by atoms with E-state index in [0.29, 0.717) is 72.7 Å². The van der Waals surface area contributed by atoms with E-state index in [-0.39, 0.29) is 34.8 Å². The molecule has 0 spiro atoms. The Morgan fingerprint density at radius 2 is 1.00 bits per heavy atom. The third kappa shape index (κ3) is 28.7. The van der Waals surface area contributed by atoms with Crippen LogP contribution in [-0.2, 0) is 38.0 Å². The molecule has 0 heterocycles. The van der Waals surface area contributed by atoms with Crippen LogP contribution in [0.25, 0.3) is 0 Å². The lowest BCUT2D eigenvalue weighted by molar-refractivity contribution is -0.127. The SMILES string of the molecule is CC(C)(C)NC(=O)COCCOCCOC(C)(C)CCC(C)(C)NCCOCCOCCOCCOC(C)(C)C. The Labute approximate surface area is 244 Å². The van der Waals surface area contributed by atoms with Crippen LogP contribution in [0.2, 0.25) is 0 Å². The van der Waals surface area contributed by atoms with Crippen molar-refractivity contribution in [2.24, 2.45) is 0 Å². The molecule has 1 amide bonds. The highest BCUT2D eigenvalue weighted by Crippen LogP contribution is 2.22. The number of hydrogen-bond acceptors (Lipinski definition) is 9. The highest BCUT2D eigenvalue weighted by Gasteiger charge is 2.24. The molecule has 0 aliphatic rings. The molecule has 240 valence electrons. The lowest BCUT2D eigenvalue weighted by atomic mass is 9.91. The third-order valence-electron chi connectivity index (χ3n) is 5.55. The second kappa shape index (κ2) is 20.9. The van der Waals surface area contributed by atoms with Gasteiger partial charge in [-0.15, -0.1) is 0 Å². The molecule has 0 unspecified atom stereocenters. The van der Waals surface area contributed by atoms with Gasteiger partial charge in [-0.25, -0.2) is 0 Å². The van der Waals surface area contributed by atoms with Crippen LogP contribution in [0.3, 0.4) is 0 Å². The van der Waals surface area contributed by atoms with Gasteiger partial charge in [-0.1, -0.05) is 0 Å². The van der Waals surface area contributed by atoms with Gasteiger partial charge in [0.25, 0.3) is 0 Å². The third-order valence-corrected chi connectivity index (χ3v) is 5.55. The summed E-state index contributed by atoms with van der Waals surface area (Å²) in [6, 6.07) is 0. The summed E-state index contributed by atoms with van der Waals surface area (Å²) < 4.78 is 39.3. The van der Waals surface area contributed by atoms with E-state index in [1.165, 1.54) is 0 Å². The van der Waals surface area contributed by atoms with Crippen LogP contribution in [0, 0.1) is 0 Å². The summed E-state index contributed by atoms with van der Waals surface area (Å²) in [7, 11) is 0. The predicted octanol–water partition coefficient (Wildman–Crippen LogP) is 3.74. The highest BCUT2D eigenvalue weighted by atomic mass is 16.6. The van der Waals surface area contributed by atoms with Crippen molar-refractivity contribution in [3.05, 3.63) is 0 Å². The van der Waals surface area contributed by atoms with Gasteiger partial charge in [-0.3, -0.25) is 4.79 Å². The van der Waals surface area contributed by atoms with E-state index >= 15 is 0 Å². The second-order valence-electron chi connectivity index (χ2n) is 13.2. The van der Waals surface area contributed by atoms with Gasteiger partial charge in [0.15, 0.2) is 0 Å². The molecule has 10 nitrogen and oxygen atoms in total. The van der Waals surface area contributed by atoms with E-state index in [2.05, 4.69) is 38.3 Å². The van der Waals surface area contributed by atoms with Gasteiger partial charge in [0.05, 0.1) is 83.9 Å². The zero-order valence-electron chi connectivity index (χ0n) is 27.4. The molecule has 0 aromatic carbocycles. The topological polar surface area (TPSA) is 106 Å². The molecule has 0 radical (unpaired) electrons. The standard InChI is InChI=1S/C30H62N2O8/c1-27(2,3)32-26(33)25-38-20-19-37-22-24-40-30(9,10)12-11-29(7,8)31-13-14-34-15-16-35-17-18-36-21-23-39-28(4,5)6/h31H,11-25H2,1-10H3,(H,32,33). The van der Waals surface area contributed by atoms with Gasteiger partial charge in [-0.05, 0) is 82.1 Å². The van der Waals surface area contributed by atoms with Crippen molar-refractivity contribution in [3.63, 3.8) is 0 Å². The summed E-state index contributed by atoms with van der Waals surface area (Å²) >= 11 is 0. The minimum Gasteiger partial charge on any atom is -0.378 e. The average Bonchev–Trinajstić information content (AvgIpc) is 2.81. The minimum absolute atomic E-state index is 0.0261. The first-order valence-corrected chi connectivity index (χ1v) is 14.7. The number of rotatable bonds is 25. The largest absolute Gasteiger partial charge is 0.378 e. The molecule has 2 N–H and O–H groups in total. The Morgan fingerprint density at radius 3 is 1.50 bits per heavy atom. The molecular weight excluding hydrogens is 516 g/mol. The molecule has 0 fully saturated rings. The van der Waals surface area contributed by atoms with Crippen molar-refractivity contribution in [3.8, 4) is 0 Å². The van der Waals surface area contributed by atoms with Crippen molar-refractivity contribution in [2.45, 2.75) is 104 Å². The first kappa shape index (κ1) is 39.1. The van der Waals surface area contributed by atoms with E-state index in [1.54, 1.807) is 0 Å². The maximum absolute atomic E-state index is 11.7. The maximum Gasteiger partial charge on any atom is 0.246 e. The molecule has 0 saturated heterocycles. The van der Waals surface area contributed by atoms with Crippen LogP contribution < -0.4 is 10.6 Å². The molecule has 0 aromatic rings. The Hall–Kier alpha value is -0.850. The maximum atomic E-state index is 11.7. The first-order chi connectivity index (χ1) is 18.5. The summed E-state index contributed by atoms with van der Waals surface area (Å²) in [6.07, 6.45) is 1.88. The summed E-state index contributed by atoms with van der Waals surface area (Å²) in [5.41, 5.74) is -0.660. The van der Waals surface area contributed by atoms with E-state index in [9.17, 15) is 4.79 Å². The zero-order chi connectivity index (χ0) is 30.5. The molecule has 0 aliphatic heterocycles. The van der Waals surface area contributed by atoms with Crippen LogP contribution in [0.15, 0.2) is 0 Å². The molecule has 0 aliphatic carbocycles. The molecule has 0 saturated carbocycles. The highest BCUT2D eigenvalue weighted by molar-refractivity contribution is 5.77. The Kier molecular flexibility index (Phi) is 20.5. The Balaban J connectivity index is 3.67. The molecule has 0 rings (SSSR count). The summed E-state index contributed by atoms with van der Waals surface area (Å²) in [5, 5.41) is 6.43. The van der Waals surface area contributed by atoms with Crippen molar-refractivity contribution in [1.29, 1.82) is 0 Å². The number of carbonyl (C=O) groups excluding carboxylic acids is 1. The van der Waals surface area contributed by atoms with Gasteiger partial charge in [0.2, 0.25) is 5.91 Å². The fraction of sp³-hybridized carbons (Fsp3) is 0.967. The zero-order valence-corrected chi connectivity index (χ0v) is 27.4. The monoisotopic (exact) mass is 578 g/mol. The van der Waals surface area contributed by atoms with Gasteiger partial charge >= 0.3 is 0 Å². The van der Waals surface area contributed by atoms with Gasteiger partial charge in [0.1, 0.15) is 6.61 Å². The van der Waals surface area contributed by atoms with E-state index in [1.807, 2.05) is 41.5 Å². The Bertz CT molecular complexity index is 630. The number of nitrogens with one attached hydrogen (secondary N) is 2. The summed E-state index contributed by atoms with van der Waals surface area (Å²) in [4.78, 5) is 11.7. The minimum atomic E-state index is -0.254. The molecule has 0 atom stereocenters. The number of hydrogen-bond donors (Lipinski definition) is 2. The molecule has 0 aromatic heterocycles. The number of ether oxygens (including phenoxy) is 7. The Morgan fingerprint density at radius 1 is 0.550 bits per heavy atom. The van der Waals surface area contributed by atoms with Crippen LogP contribution in [0.1, 0.15) is 82.1 Å². The molecule has 10 heteroatoms. The normalized spacial score (nSPS) is 13.2. The van der Waals surface area contributed by atoms with Crippen LogP contribution in [-0.4, -0.2) is 114 Å². The van der Waals surface area contributed by atoms with Gasteiger partial charge in [0, 0.05) is 17.6 Å².